The minimum absolute atomic E-state index is 0. The van der Waals surface area contributed by atoms with E-state index >= 15 is 0 Å². The van der Waals surface area contributed by atoms with Crippen molar-refractivity contribution in [3.8, 4) is 0 Å². The van der Waals surface area contributed by atoms with Gasteiger partial charge in [0.2, 0.25) is 5.91 Å². The summed E-state index contributed by atoms with van der Waals surface area (Å²) in [5.74, 6) is 0.0517. The van der Waals surface area contributed by atoms with E-state index in [4.69, 9.17) is 0 Å². The number of carbonyl (C=O) groups is 1. The third-order valence-corrected chi connectivity index (χ3v) is 4.15. The molecule has 0 bridgehead atoms. The van der Waals surface area contributed by atoms with Gasteiger partial charge in [-0.2, -0.15) is 0 Å². The molecule has 1 aromatic rings. The van der Waals surface area contributed by atoms with Crippen LogP contribution in [-0.2, 0) is 4.79 Å². The van der Waals surface area contributed by atoms with Crippen LogP contribution in [0.15, 0.2) is 22.7 Å². The summed E-state index contributed by atoms with van der Waals surface area (Å²) in [6, 6.07) is 6.30. The van der Waals surface area contributed by atoms with Crippen LogP contribution in [0.3, 0.4) is 0 Å². The Balaban J connectivity index is 0.00000200. The fourth-order valence-electron chi connectivity index (χ4n) is 2.28. The second kappa shape index (κ2) is 7.98. The number of piperazine rings is 1. The highest BCUT2D eigenvalue weighted by molar-refractivity contribution is 9.10. The number of nitrogens with one attached hydrogen (secondary N) is 2. The van der Waals surface area contributed by atoms with Crippen molar-refractivity contribution >= 4 is 39.9 Å². The van der Waals surface area contributed by atoms with E-state index in [1.807, 2.05) is 25.1 Å². The third-order valence-electron chi connectivity index (χ3n) is 3.26. The molecule has 1 unspecified atom stereocenters. The first-order valence-electron chi connectivity index (χ1n) is 6.56. The molecule has 112 valence electrons. The van der Waals surface area contributed by atoms with Crippen molar-refractivity contribution in [1.82, 2.24) is 10.2 Å². The summed E-state index contributed by atoms with van der Waals surface area (Å²) in [4.78, 5) is 14.2. The van der Waals surface area contributed by atoms with Gasteiger partial charge in [0, 0.05) is 35.8 Å². The zero-order valence-corrected chi connectivity index (χ0v) is 14.2. The van der Waals surface area contributed by atoms with Gasteiger partial charge < -0.3 is 10.6 Å². The summed E-state index contributed by atoms with van der Waals surface area (Å²) in [6.07, 6.45) is 0. The predicted molar refractivity (Wildman–Crippen MR) is 88.7 cm³/mol. The van der Waals surface area contributed by atoms with E-state index in [0.717, 1.165) is 35.4 Å². The Morgan fingerprint density at radius 3 is 2.95 bits per heavy atom. The molecule has 0 radical (unpaired) electrons. The standard InChI is InChI=1S/C14H20BrN3O.ClH/c1-10-7-12(3-4-13(10)15)17-14(19)9-18-6-5-16-11(2)8-18;/h3-4,7,11,16H,5-6,8-9H2,1-2H3,(H,17,19);1H. The summed E-state index contributed by atoms with van der Waals surface area (Å²) >= 11 is 3.45. The molecule has 1 amide bonds. The number of halogens is 2. The van der Waals surface area contributed by atoms with Gasteiger partial charge in [0.15, 0.2) is 0 Å². The van der Waals surface area contributed by atoms with E-state index in [-0.39, 0.29) is 18.3 Å². The van der Waals surface area contributed by atoms with Crippen LogP contribution in [-0.4, -0.2) is 43.0 Å². The molecule has 0 saturated carbocycles. The van der Waals surface area contributed by atoms with Gasteiger partial charge >= 0.3 is 0 Å². The Morgan fingerprint density at radius 1 is 1.55 bits per heavy atom. The number of nitrogens with zero attached hydrogens (tertiary/aromatic N) is 1. The first-order chi connectivity index (χ1) is 9.04. The lowest BCUT2D eigenvalue weighted by Crippen LogP contribution is -2.51. The molecule has 20 heavy (non-hydrogen) atoms. The van der Waals surface area contributed by atoms with Crippen LogP contribution < -0.4 is 10.6 Å². The minimum atomic E-state index is 0. The summed E-state index contributed by atoms with van der Waals surface area (Å²) in [5, 5.41) is 6.32. The van der Waals surface area contributed by atoms with Crippen molar-refractivity contribution in [1.29, 1.82) is 0 Å². The molecule has 1 saturated heterocycles. The Bertz CT molecular complexity index is 470. The van der Waals surface area contributed by atoms with E-state index in [2.05, 4.69) is 38.4 Å². The Labute approximate surface area is 134 Å². The van der Waals surface area contributed by atoms with Crippen LogP contribution in [0.1, 0.15) is 12.5 Å². The second-order valence-corrected chi connectivity index (χ2v) is 5.96. The zero-order valence-electron chi connectivity index (χ0n) is 11.8. The Kier molecular flexibility index (Phi) is 6.95. The number of hydrogen-bond acceptors (Lipinski definition) is 3. The number of rotatable bonds is 3. The molecule has 0 aliphatic carbocycles. The number of amides is 1. The lowest BCUT2D eigenvalue weighted by Gasteiger charge is -2.31. The molecule has 1 fully saturated rings. The molecule has 1 aliphatic rings. The van der Waals surface area contributed by atoms with Crippen LogP contribution in [0.4, 0.5) is 5.69 Å². The molecule has 1 atom stereocenters. The third kappa shape index (κ3) is 5.05. The Morgan fingerprint density at radius 2 is 2.30 bits per heavy atom. The van der Waals surface area contributed by atoms with E-state index in [9.17, 15) is 4.79 Å². The van der Waals surface area contributed by atoms with Crippen molar-refractivity contribution in [2.75, 3.05) is 31.5 Å². The highest BCUT2D eigenvalue weighted by atomic mass is 79.9. The SMILES string of the molecule is Cc1cc(NC(=O)CN2CCNC(C)C2)ccc1Br.Cl. The monoisotopic (exact) mass is 361 g/mol. The molecule has 2 rings (SSSR count). The van der Waals surface area contributed by atoms with Gasteiger partial charge in [-0.15, -0.1) is 12.4 Å². The summed E-state index contributed by atoms with van der Waals surface area (Å²) in [6.45, 7) is 7.41. The topological polar surface area (TPSA) is 44.4 Å². The van der Waals surface area contributed by atoms with Gasteiger partial charge in [-0.1, -0.05) is 15.9 Å². The minimum Gasteiger partial charge on any atom is -0.325 e. The first-order valence-corrected chi connectivity index (χ1v) is 7.35. The van der Waals surface area contributed by atoms with Crippen LogP contribution in [0.2, 0.25) is 0 Å². The van der Waals surface area contributed by atoms with Crippen molar-refractivity contribution in [2.45, 2.75) is 19.9 Å². The number of carbonyl (C=O) groups excluding carboxylic acids is 1. The van der Waals surface area contributed by atoms with Crippen LogP contribution >= 0.6 is 28.3 Å². The predicted octanol–water partition coefficient (Wildman–Crippen LogP) is 2.41. The average Bonchev–Trinajstić information content (AvgIpc) is 2.34. The van der Waals surface area contributed by atoms with E-state index in [1.165, 1.54) is 0 Å². The number of anilines is 1. The quantitative estimate of drug-likeness (QED) is 0.868. The fraction of sp³-hybridized carbons (Fsp3) is 0.500. The fourth-order valence-corrected chi connectivity index (χ4v) is 2.53. The van der Waals surface area contributed by atoms with Crippen LogP contribution in [0.5, 0.6) is 0 Å². The molecular formula is C14H21BrClN3O. The molecule has 1 aromatic carbocycles. The molecule has 0 spiro atoms. The van der Waals surface area contributed by atoms with E-state index < -0.39 is 0 Å². The lowest BCUT2D eigenvalue weighted by molar-refractivity contribution is -0.117. The molecule has 1 heterocycles. The zero-order chi connectivity index (χ0) is 13.8. The van der Waals surface area contributed by atoms with Gasteiger partial charge in [0.25, 0.3) is 0 Å². The molecule has 4 nitrogen and oxygen atoms in total. The normalized spacial score (nSPS) is 19.2. The molecule has 6 heteroatoms. The summed E-state index contributed by atoms with van der Waals surface area (Å²) in [7, 11) is 0. The van der Waals surface area contributed by atoms with Crippen molar-refractivity contribution < 1.29 is 4.79 Å². The van der Waals surface area contributed by atoms with Gasteiger partial charge in [-0.05, 0) is 37.6 Å². The van der Waals surface area contributed by atoms with Crippen LogP contribution in [0.25, 0.3) is 0 Å². The lowest BCUT2D eigenvalue weighted by atomic mass is 10.2. The highest BCUT2D eigenvalue weighted by Crippen LogP contribution is 2.19. The molecule has 2 N–H and O–H groups in total. The second-order valence-electron chi connectivity index (χ2n) is 5.10. The maximum absolute atomic E-state index is 12.0. The van der Waals surface area contributed by atoms with Gasteiger partial charge in [0.05, 0.1) is 6.54 Å². The van der Waals surface area contributed by atoms with Crippen molar-refractivity contribution in [2.24, 2.45) is 0 Å². The van der Waals surface area contributed by atoms with E-state index in [0.29, 0.717) is 12.6 Å². The van der Waals surface area contributed by atoms with Gasteiger partial charge in [-0.3, -0.25) is 9.69 Å². The number of benzene rings is 1. The molecule has 1 aliphatic heterocycles. The van der Waals surface area contributed by atoms with E-state index in [1.54, 1.807) is 0 Å². The summed E-state index contributed by atoms with van der Waals surface area (Å²) in [5.41, 5.74) is 1.97. The largest absolute Gasteiger partial charge is 0.325 e. The first kappa shape index (κ1) is 17.4. The highest BCUT2D eigenvalue weighted by Gasteiger charge is 2.17. The molecule has 0 aromatic heterocycles. The van der Waals surface area contributed by atoms with Gasteiger partial charge in [-0.25, -0.2) is 0 Å². The summed E-state index contributed by atoms with van der Waals surface area (Å²) < 4.78 is 1.06. The average molecular weight is 363 g/mol. The van der Waals surface area contributed by atoms with Crippen molar-refractivity contribution in [3.63, 3.8) is 0 Å². The molecular weight excluding hydrogens is 342 g/mol. The smallest absolute Gasteiger partial charge is 0.238 e. The van der Waals surface area contributed by atoms with Gasteiger partial charge in [0.1, 0.15) is 0 Å². The number of aryl methyl sites for hydroxylation is 1. The maximum Gasteiger partial charge on any atom is 0.238 e. The van der Waals surface area contributed by atoms with Crippen LogP contribution in [0, 0.1) is 6.92 Å². The number of hydrogen-bond donors (Lipinski definition) is 2. The Hall–Kier alpha value is -0.620. The maximum atomic E-state index is 12.0. The van der Waals surface area contributed by atoms with Crippen molar-refractivity contribution in [3.05, 3.63) is 28.2 Å².